The van der Waals surface area contributed by atoms with Crippen LogP contribution in [0.4, 0.5) is 0 Å². The lowest BCUT2D eigenvalue weighted by atomic mass is 9.87. The van der Waals surface area contributed by atoms with Crippen molar-refractivity contribution >= 4 is 17.4 Å². The summed E-state index contributed by atoms with van der Waals surface area (Å²) in [6.45, 7) is 0. The van der Waals surface area contributed by atoms with Crippen LogP contribution in [-0.4, -0.2) is 24.8 Å². The first-order valence-electron chi connectivity index (χ1n) is 5.04. The summed E-state index contributed by atoms with van der Waals surface area (Å²) in [4.78, 5) is 4.09. The maximum Gasteiger partial charge on any atom is 0.117 e. The van der Waals surface area contributed by atoms with E-state index in [1.165, 1.54) is 19.3 Å². The van der Waals surface area contributed by atoms with Crippen LogP contribution in [0.15, 0.2) is 4.99 Å². The van der Waals surface area contributed by atoms with Crippen molar-refractivity contribution in [2.75, 3.05) is 14.1 Å². The van der Waals surface area contributed by atoms with Crippen molar-refractivity contribution in [1.82, 2.24) is 5.32 Å². The third-order valence-corrected chi connectivity index (χ3v) is 4.27. The maximum atomic E-state index is 6.64. The normalized spacial score (nSPS) is 44.1. The summed E-state index contributed by atoms with van der Waals surface area (Å²) in [5.74, 6) is 2.50. The first-order valence-corrected chi connectivity index (χ1v) is 5.42. The zero-order chi connectivity index (χ0) is 9.47. The highest BCUT2D eigenvalue weighted by atomic mass is 35.5. The van der Waals surface area contributed by atoms with Gasteiger partial charge in [-0.25, -0.2) is 0 Å². The van der Waals surface area contributed by atoms with Gasteiger partial charge in [0.2, 0.25) is 0 Å². The van der Waals surface area contributed by atoms with Crippen molar-refractivity contribution in [1.29, 1.82) is 0 Å². The SMILES string of the molecule is CN=C(NC)[C@@]1(Cl)C[C@H]2CC[C@@H]1C2. The van der Waals surface area contributed by atoms with Crippen molar-refractivity contribution in [2.45, 2.75) is 30.6 Å². The number of fused-ring (bicyclic) bond motifs is 2. The van der Waals surface area contributed by atoms with Crippen LogP contribution in [0.5, 0.6) is 0 Å². The van der Waals surface area contributed by atoms with Crippen LogP contribution in [0.1, 0.15) is 25.7 Å². The van der Waals surface area contributed by atoms with Crippen molar-refractivity contribution in [3.8, 4) is 0 Å². The van der Waals surface area contributed by atoms with Crippen molar-refractivity contribution < 1.29 is 0 Å². The number of amidine groups is 1. The first-order chi connectivity index (χ1) is 6.20. The van der Waals surface area contributed by atoms with Gasteiger partial charge in [0.05, 0.1) is 0 Å². The predicted octanol–water partition coefficient (Wildman–Crippen LogP) is 2.03. The van der Waals surface area contributed by atoms with Gasteiger partial charge in [-0.15, -0.1) is 11.6 Å². The Balaban J connectivity index is 2.21. The third kappa shape index (κ3) is 1.26. The van der Waals surface area contributed by atoms with Gasteiger partial charge in [-0.1, -0.05) is 6.42 Å². The van der Waals surface area contributed by atoms with E-state index in [1.807, 2.05) is 14.1 Å². The van der Waals surface area contributed by atoms with Crippen LogP contribution in [0.2, 0.25) is 0 Å². The molecular weight excluding hydrogens is 184 g/mol. The molecule has 2 aliphatic carbocycles. The molecule has 2 rings (SSSR count). The molecule has 0 aliphatic heterocycles. The largest absolute Gasteiger partial charge is 0.375 e. The van der Waals surface area contributed by atoms with Crippen LogP contribution < -0.4 is 5.32 Å². The Kier molecular flexibility index (Phi) is 2.26. The molecule has 3 heteroatoms. The molecule has 0 saturated heterocycles. The smallest absolute Gasteiger partial charge is 0.117 e. The highest BCUT2D eigenvalue weighted by Crippen LogP contribution is 2.54. The van der Waals surface area contributed by atoms with Crippen LogP contribution >= 0.6 is 11.6 Å². The predicted molar refractivity (Wildman–Crippen MR) is 56.5 cm³/mol. The Bertz CT molecular complexity index is 239. The number of aliphatic imine (C=N–C) groups is 1. The van der Waals surface area contributed by atoms with Gasteiger partial charge in [-0.3, -0.25) is 4.99 Å². The van der Waals surface area contributed by atoms with Gasteiger partial charge in [0, 0.05) is 14.1 Å². The Hall–Kier alpha value is -0.240. The second kappa shape index (κ2) is 3.16. The van der Waals surface area contributed by atoms with Gasteiger partial charge in [-0.2, -0.15) is 0 Å². The summed E-state index contributed by atoms with van der Waals surface area (Å²) in [5, 5.41) is 3.14. The summed E-state index contributed by atoms with van der Waals surface area (Å²) in [7, 11) is 3.74. The molecule has 0 radical (unpaired) electrons. The van der Waals surface area contributed by atoms with Gasteiger partial charge in [-0.05, 0) is 31.1 Å². The highest BCUT2D eigenvalue weighted by molar-refractivity contribution is 6.36. The van der Waals surface area contributed by atoms with Crippen molar-refractivity contribution in [2.24, 2.45) is 16.8 Å². The number of hydrogen-bond acceptors (Lipinski definition) is 1. The zero-order valence-electron chi connectivity index (χ0n) is 8.31. The molecule has 0 spiro atoms. The average molecular weight is 201 g/mol. The van der Waals surface area contributed by atoms with E-state index in [9.17, 15) is 0 Å². The number of hydrogen-bond donors (Lipinski definition) is 1. The van der Waals surface area contributed by atoms with E-state index in [4.69, 9.17) is 11.6 Å². The van der Waals surface area contributed by atoms with Crippen LogP contribution in [0, 0.1) is 11.8 Å². The van der Waals surface area contributed by atoms with Gasteiger partial charge in [0.25, 0.3) is 0 Å². The van der Waals surface area contributed by atoms with Gasteiger partial charge < -0.3 is 5.32 Å². The fraction of sp³-hybridized carbons (Fsp3) is 0.900. The van der Waals surface area contributed by atoms with Crippen molar-refractivity contribution in [3.05, 3.63) is 0 Å². The molecule has 74 valence electrons. The van der Waals surface area contributed by atoms with E-state index in [-0.39, 0.29) is 4.87 Å². The maximum absolute atomic E-state index is 6.64. The summed E-state index contributed by atoms with van der Waals surface area (Å²) in [6.07, 6.45) is 5.09. The lowest BCUT2D eigenvalue weighted by molar-refractivity contribution is 0.434. The second-order valence-corrected chi connectivity index (χ2v) is 4.94. The zero-order valence-corrected chi connectivity index (χ0v) is 9.06. The molecule has 1 N–H and O–H groups in total. The molecule has 0 amide bonds. The van der Waals surface area contributed by atoms with E-state index in [2.05, 4.69) is 10.3 Å². The second-order valence-electron chi connectivity index (χ2n) is 4.26. The van der Waals surface area contributed by atoms with Crippen LogP contribution in [-0.2, 0) is 0 Å². The summed E-state index contributed by atoms with van der Waals surface area (Å²) in [5.41, 5.74) is 0. The van der Waals surface area contributed by atoms with Crippen LogP contribution in [0.3, 0.4) is 0 Å². The van der Waals surface area contributed by atoms with E-state index in [0.717, 1.165) is 18.2 Å². The quantitative estimate of drug-likeness (QED) is 0.391. The number of nitrogens with zero attached hydrogens (tertiary/aromatic N) is 1. The van der Waals surface area contributed by atoms with E-state index in [1.54, 1.807) is 0 Å². The minimum atomic E-state index is -0.160. The molecule has 2 fully saturated rings. The Morgan fingerprint density at radius 3 is 2.69 bits per heavy atom. The topological polar surface area (TPSA) is 24.4 Å². The molecule has 2 bridgehead atoms. The third-order valence-electron chi connectivity index (χ3n) is 3.63. The minimum Gasteiger partial charge on any atom is -0.375 e. The summed E-state index contributed by atoms with van der Waals surface area (Å²) >= 11 is 6.64. The Labute approximate surface area is 84.8 Å². The van der Waals surface area contributed by atoms with Gasteiger partial charge in [0.1, 0.15) is 10.7 Å². The monoisotopic (exact) mass is 200 g/mol. The van der Waals surface area contributed by atoms with Crippen molar-refractivity contribution in [3.63, 3.8) is 0 Å². The number of rotatable bonds is 1. The average Bonchev–Trinajstić information content (AvgIpc) is 2.65. The van der Waals surface area contributed by atoms with E-state index >= 15 is 0 Å². The highest BCUT2D eigenvalue weighted by Gasteiger charge is 2.52. The lowest BCUT2D eigenvalue weighted by Gasteiger charge is -2.32. The van der Waals surface area contributed by atoms with Crippen LogP contribution in [0.25, 0.3) is 0 Å². The molecule has 2 nitrogen and oxygen atoms in total. The molecule has 0 aromatic rings. The molecule has 0 heterocycles. The lowest BCUT2D eigenvalue weighted by Crippen LogP contribution is -2.44. The molecule has 2 aliphatic rings. The fourth-order valence-corrected chi connectivity index (χ4v) is 3.65. The molecular formula is C10H17ClN2. The summed E-state index contributed by atoms with van der Waals surface area (Å²) in [6, 6.07) is 0. The molecule has 0 aromatic heterocycles. The first kappa shape index (κ1) is 9.32. The molecule has 13 heavy (non-hydrogen) atoms. The minimum absolute atomic E-state index is 0.160. The van der Waals surface area contributed by atoms with E-state index < -0.39 is 0 Å². The fourth-order valence-electron chi connectivity index (χ4n) is 3.06. The van der Waals surface area contributed by atoms with E-state index in [0.29, 0.717) is 5.92 Å². The van der Waals surface area contributed by atoms with Gasteiger partial charge >= 0.3 is 0 Å². The summed E-state index contributed by atoms with van der Waals surface area (Å²) < 4.78 is 0. The Morgan fingerprint density at radius 1 is 1.54 bits per heavy atom. The number of nitrogens with one attached hydrogen (secondary N) is 1. The number of alkyl halides is 1. The van der Waals surface area contributed by atoms with Gasteiger partial charge in [0.15, 0.2) is 0 Å². The molecule has 0 aromatic carbocycles. The molecule has 3 atom stereocenters. The molecule has 0 unspecified atom stereocenters. The Morgan fingerprint density at radius 2 is 2.31 bits per heavy atom. The molecule has 2 saturated carbocycles. The number of halogens is 1. The standard InChI is InChI=1S/C10H17ClN2/c1-12-9(13-2)10(11)6-7-3-4-8(10)5-7/h7-8H,3-6H2,1-2H3,(H,12,13)/t7-,8+,10+/m0/s1.